The average Bonchev–Trinajstić information content (AvgIpc) is 3.47. The summed E-state index contributed by atoms with van der Waals surface area (Å²) in [7, 11) is 0. The zero-order valence-corrected chi connectivity index (χ0v) is 21.9. The number of β-amino-alcohol motifs (C(OH)–C–C–N with tert-alkyl or cyclic N) is 1. The molecule has 2 N–H and O–H groups in total. The second-order valence-corrected chi connectivity index (χ2v) is 11.2. The molecule has 0 unspecified atom stereocenters. The Morgan fingerprint density at radius 2 is 1.97 bits per heavy atom. The lowest BCUT2D eigenvalue weighted by molar-refractivity contribution is -0.137. The Morgan fingerprint density at radius 1 is 1.18 bits per heavy atom. The van der Waals surface area contributed by atoms with Gasteiger partial charge in [-0.05, 0) is 56.5 Å². The molecule has 1 aromatic heterocycles. The molecular formula is C27H31F3N4O3S. The van der Waals surface area contributed by atoms with Gasteiger partial charge in [-0.3, -0.25) is 4.79 Å². The first-order chi connectivity index (χ1) is 18.2. The molecule has 38 heavy (non-hydrogen) atoms. The molecule has 0 aliphatic carbocycles. The fourth-order valence-electron chi connectivity index (χ4n) is 5.12. The summed E-state index contributed by atoms with van der Waals surface area (Å²) in [6.45, 7) is 4.33. The summed E-state index contributed by atoms with van der Waals surface area (Å²) in [6.07, 6.45) is -2.80. The first kappa shape index (κ1) is 26.7. The number of halogens is 3. The lowest BCUT2D eigenvalue weighted by atomic mass is 10.0. The summed E-state index contributed by atoms with van der Waals surface area (Å²) in [4.78, 5) is 20.2. The van der Waals surface area contributed by atoms with E-state index >= 15 is 0 Å². The van der Waals surface area contributed by atoms with Crippen molar-refractivity contribution in [1.29, 1.82) is 0 Å². The molecule has 0 radical (unpaired) electrons. The molecule has 0 bridgehead atoms. The predicted octanol–water partition coefficient (Wildman–Crippen LogP) is 5.07. The number of nitrogens with zero attached hydrogens (tertiary/aromatic N) is 3. The van der Waals surface area contributed by atoms with Gasteiger partial charge in [0.25, 0.3) is 0 Å². The van der Waals surface area contributed by atoms with Crippen molar-refractivity contribution in [2.45, 2.75) is 50.9 Å². The van der Waals surface area contributed by atoms with Gasteiger partial charge in [0.1, 0.15) is 18.5 Å². The maximum atomic E-state index is 13.7. The van der Waals surface area contributed by atoms with Gasteiger partial charge in [-0.1, -0.05) is 0 Å². The van der Waals surface area contributed by atoms with Gasteiger partial charge in [-0.2, -0.15) is 13.2 Å². The smallest absolute Gasteiger partial charge is 0.418 e. The number of nitrogens with one attached hydrogen (secondary N) is 1. The Balaban J connectivity index is 1.14. The number of alkyl halides is 3. The highest BCUT2D eigenvalue weighted by atomic mass is 32.1. The number of rotatable bonds is 8. The van der Waals surface area contributed by atoms with Crippen molar-refractivity contribution in [1.82, 2.24) is 9.88 Å². The Bertz CT molecular complexity index is 1290. The zero-order valence-electron chi connectivity index (χ0n) is 21.1. The van der Waals surface area contributed by atoms with Crippen LogP contribution in [0.1, 0.15) is 36.3 Å². The number of likely N-dealkylation sites (tertiary alicyclic amines) is 1. The number of aryl methyl sites for hydroxylation is 1. The monoisotopic (exact) mass is 548 g/mol. The lowest BCUT2D eigenvalue weighted by Gasteiger charge is -2.34. The summed E-state index contributed by atoms with van der Waals surface area (Å²) in [6, 6.07) is 9.44. The summed E-state index contributed by atoms with van der Waals surface area (Å²) in [5.74, 6) is 0.591. The Labute approximate surface area is 223 Å². The van der Waals surface area contributed by atoms with E-state index in [4.69, 9.17) is 4.74 Å². The molecular weight excluding hydrogens is 517 g/mol. The van der Waals surface area contributed by atoms with Crippen LogP contribution in [0.2, 0.25) is 0 Å². The van der Waals surface area contributed by atoms with Crippen molar-refractivity contribution >= 4 is 38.8 Å². The van der Waals surface area contributed by atoms with Crippen molar-refractivity contribution in [2.75, 3.05) is 43.0 Å². The minimum absolute atomic E-state index is 0.00820. The minimum atomic E-state index is -4.50. The SMILES string of the molecule is Cc1nc2cc(OC[C@H](O)CN3CCC(Nc4cc(N5CCCC5=O)ccc4C(F)(F)F)CC3)ccc2s1. The highest BCUT2D eigenvalue weighted by Gasteiger charge is 2.35. The highest BCUT2D eigenvalue weighted by molar-refractivity contribution is 7.18. The summed E-state index contributed by atoms with van der Waals surface area (Å²) < 4.78 is 47.9. The number of aliphatic hydroxyl groups excluding tert-OH is 1. The molecule has 1 atom stereocenters. The van der Waals surface area contributed by atoms with E-state index in [0.29, 0.717) is 63.3 Å². The van der Waals surface area contributed by atoms with Crippen molar-refractivity contribution in [3.8, 4) is 5.75 Å². The number of piperidine rings is 1. The number of aromatic nitrogens is 1. The summed E-state index contributed by atoms with van der Waals surface area (Å²) in [5, 5.41) is 14.6. The van der Waals surface area contributed by atoms with Gasteiger partial charge in [-0.15, -0.1) is 11.3 Å². The van der Waals surface area contributed by atoms with Crippen molar-refractivity contribution in [3.63, 3.8) is 0 Å². The number of hydrogen-bond acceptors (Lipinski definition) is 7. The van der Waals surface area contributed by atoms with Crippen LogP contribution in [0, 0.1) is 6.92 Å². The van der Waals surface area contributed by atoms with Crippen LogP contribution in [-0.2, 0) is 11.0 Å². The second kappa shape index (κ2) is 11.1. The van der Waals surface area contributed by atoms with Crippen LogP contribution in [0.5, 0.6) is 5.75 Å². The minimum Gasteiger partial charge on any atom is -0.491 e. The Morgan fingerprint density at radius 3 is 2.68 bits per heavy atom. The van der Waals surface area contributed by atoms with Gasteiger partial charge in [0.2, 0.25) is 5.91 Å². The van der Waals surface area contributed by atoms with Crippen LogP contribution in [0.4, 0.5) is 24.5 Å². The van der Waals surface area contributed by atoms with E-state index in [-0.39, 0.29) is 24.2 Å². The number of carbonyl (C=O) groups excluding carboxylic acids is 1. The molecule has 0 saturated carbocycles. The first-order valence-corrected chi connectivity index (χ1v) is 13.7. The Hall–Kier alpha value is -2.89. The number of thiazole rings is 1. The number of aliphatic hydroxyl groups is 1. The highest BCUT2D eigenvalue weighted by Crippen LogP contribution is 2.38. The van der Waals surface area contributed by atoms with Gasteiger partial charge in [0.15, 0.2) is 0 Å². The number of anilines is 2. The van der Waals surface area contributed by atoms with Crippen LogP contribution in [-0.4, -0.2) is 65.8 Å². The van der Waals surface area contributed by atoms with E-state index in [0.717, 1.165) is 21.3 Å². The van der Waals surface area contributed by atoms with Gasteiger partial charge in [0.05, 0.1) is 20.8 Å². The maximum absolute atomic E-state index is 13.7. The number of fused-ring (bicyclic) bond motifs is 1. The molecule has 1 amide bonds. The maximum Gasteiger partial charge on any atom is 0.418 e. The summed E-state index contributed by atoms with van der Waals surface area (Å²) >= 11 is 1.62. The topological polar surface area (TPSA) is 77.9 Å². The van der Waals surface area contributed by atoms with Gasteiger partial charge < -0.3 is 25.0 Å². The average molecular weight is 549 g/mol. The van der Waals surface area contributed by atoms with E-state index in [2.05, 4.69) is 15.2 Å². The fourth-order valence-corrected chi connectivity index (χ4v) is 5.93. The molecule has 3 heterocycles. The Kier molecular flexibility index (Phi) is 7.78. The standard InChI is InChI=1S/C27H31F3N4O3S/c1-17-31-24-14-21(5-7-25(24)38-17)37-16-20(35)15-33-11-8-18(9-12-33)32-23-13-19(34-10-2-3-26(34)36)4-6-22(23)27(28,29)30/h4-7,13-14,18,20,32,35H,2-3,8-12,15-16H2,1H3/t20-/m1/s1. The van der Waals surface area contributed by atoms with Crippen LogP contribution in [0.25, 0.3) is 10.2 Å². The third-order valence-corrected chi connectivity index (χ3v) is 7.97. The number of hydrogen-bond donors (Lipinski definition) is 2. The molecule has 2 aliphatic rings. The third-order valence-electron chi connectivity index (χ3n) is 7.02. The van der Waals surface area contributed by atoms with Crippen molar-refractivity contribution in [2.24, 2.45) is 0 Å². The molecule has 2 aliphatic heterocycles. The molecule has 3 aromatic rings. The molecule has 11 heteroatoms. The van der Waals surface area contributed by atoms with Crippen LogP contribution < -0.4 is 15.0 Å². The van der Waals surface area contributed by atoms with Gasteiger partial charge in [-0.25, -0.2) is 4.98 Å². The largest absolute Gasteiger partial charge is 0.491 e. The fraction of sp³-hybridized carbons (Fsp3) is 0.481. The zero-order chi connectivity index (χ0) is 26.9. The molecule has 2 aromatic carbocycles. The quantitative estimate of drug-likeness (QED) is 0.410. The van der Waals surface area contributed by atoms with E-state index in [1.165, 1.54) is 12.1 Å². The first-order valence-electron chi connectivity index (χ1n) is 12.8. The number of amides is 1. The normalized spacial score (nSPS) is 18.3. The van der Waals surface area contributed by atoms with E-state index in [1.807, 2.05) is 25.1 Å². The molecule has 7 nitrogen and oxygen atoms in total. The van der Waals surface area contributed by atoms with Crippen LogP contribution >= 0.6 is 11.3 Å². The van der Waals surface area contributed by atoms with Crippen molar-refractivity contribution < 1.29 is 27.8 Å². The number of ether oxygens (including phenoxy) is 1. The van der Waals surface area contributed by atoms with Gasteiger partial charge in [0, 0.05) is 56.1 Å². The van der Waals surface area contributed by atoms with E-state index in [1.54, 1.807) is 16.2 Å². The number of carbonyl (C=O) groups is 1. The molecule has 2 saturated heterocycles. The summed E-state index contributed by atoms with van der Waals surface area (Å²) in [5.41, 5.74) is 0.649. The lowest BCUT2D eigenvalue weighted by Crippen LogP contribution is -2.43. The molecule has 2 fully saturated rings. The second-order valence-electron chi connectivity index (χ2n) is 9.92. The predicted molar refractivity (Wildman–Crippen MR) is 142 cm³/mol. The van der Waals surface area contributed by atoms with Crippen molar-refractivity contribution in [3.05, 3.63) is 47.0 Å². The van der Waals surface area contributed by atoms with E-state index < -0.39 is 17.8 Å². The molecule has 0 spiro atoms. The molecule has 204 valence electrons. The molecule has 5 rings (SSSR count). The number of benzene rings is 2. The van der Waals surface area contributed by atoms with Crippen LogP contribution in [0.3, 0.4) is 0 Å². The van der Waals surface area contributed by atoms with Gasteiger partial charge >= 0.3 is 6.18 Å². The van der Waals surface area contributed by atoms with E-state index in [9.17, 15) is 23.1 Å². The third kappa shape index (κ3) is 6.22. The van der Waals surface area contributed by atoms with Crippen LogP contribution in [0.15, 0.2) is 36.4 Å².